The van der Waals surface area contributed by atoms with Crippen LogP contribution >= 0.6 is 21.6 Å². The van der Waals surface area contributed by atoms with E-state index in [0.29, 0.717) is 5.75 Å². The SMILES string of the molecule is CC(=O)CSSc1ccoc1C. The first kappa shape index (κ1) is 9.74. The summed E-state index contributed by atoms with van der Waals surface area (Å²) >= 11 is 0. The molecule has 0 aliphatic rings. The average molecular weight is 202 g/mol. The molecule has 0 aliphatic carbocycles. The van der Waals surface area contributed by atoms with Crippen molar-refractivity contribution >= 4 is 27.4 Å². The van der Waals surface area contributed by atoms with Gasteiger partial charge in [0.05, 0.1) is 16.9 Å². The van der Waals surface area contributed by atoms with E-state index < -0.39 is 0 Å². The minimum absolute atomic E-state index is 0.202. The molecule has 1 aromatic rings. The fourth-order valence-corrected chi connectivity index (χ4v) is 2.84. The zero-order valence-electron chi connectivity index (χ0n) is 6.99. The molecule has 0 aliphatic heterocycles. The summed E-state index contributed by atoms with van der Waals surface area (Å²) in [5.41, 5.74) is 0. The fourth-order valence-electron chi connectivity index (χ4n) is 0.636. The summed E-state index contributed by atoms with van der Waals surface area (Å²) in [6, 6.07) is 1.91. The maximum Gasteiger partial charge on any atom is 0.140 e. The highest BCUT2D eigenvalue weighted by molar-refractivity contribution is 8.76. The van der Waals surface area contributed by atoms with Crippen LogP contribution in [0.15, 0.2) is 21.6 Å². The summed E-state index contributed by atoms with van der Waals surface area (Å²) in [4.78, 5) is 11.7. The van der Waals surface area contributed by atoms with E-state index in [1.54, 1.807) is 34.8 Å². The molecule has 0 fully saturated rings. The van der Waals surface area contributed by atoms with E-state index in [2.05, 4.69) is 0 Å². The third kappa shape index (κ3) is 2.95. The molecule has 66 valence electrons. The molecule has 12 heavy (non-hydrogen) atoms. The van der Waals surface area contributed by atoms with Crippen molar-refractivity contribution in [3.05, 3.63) is 18.1 Å². The van der Waals surface area contributed by atoms with E-state index in [0.717, 1.165) is 10.7 Å². The Kier molecular flexibility index (Phi) is 3.75. The summed E-state index contributed by atoms with van der Waals surface area (Å²) < 4.78 is 5.10. The summed E-state index contributed by atoms with van der Waals surface area (Å²) in [6.45, 7) is 3.51. The summed E-state index contributed by atoms with van der Waals surface area (Å²) in [6.07, 6.45) is 1.66. The standard InChI is InChI=1S/C8H10O2S2/c1-6(9)5-11-12-8-3-4-10-7(8)2/h3-4H,5H2,1-2H3. The molecule has 0 N–H and O–H groups in total. The Morgan fingerprint density at radius 3 is 2.92 bits per heavy atom. The number of carbonyl (C=O) groups is 1. The van der Waals surface area contributed by atoms with Crippen molar-refractivity contribution in [3.63, 3.8) is 0 Å². The van der Waals surface area contributed by atoms with Crippen LogP contribution in [0.25, 0.3) is 0 Å². The van der Waals surface area contributed by atoms with Gasteiger partial charge in [0.15, 0.2) is 0 Å². The monoisotopic (exact) mass is 202 g/mol. The number of hydrogen-bond acceptors (Lipinski definition) is 4. The van der Waals surface area contributed by atoms with Crippen molar-refractivity contribution in [1.29, 1.82) is 0 Å². The van der Waals surface area contributed by atoms with Crippen molar-refractivity contribution in [1.82, 2.24) is 0 Å². The summed E-state index contributed by atoms with van der Waals surface area (Å²) in [5, 5.41) is 0. The highest BCUT2D eigenvalue weighted by Crippen LogP contribution is 2.33. The fraction of sp³-hybridized carbons (Fsp3) is 0.375. The van der Waals surface area contributed by atoms with Gasteiger partial charge in [-0.1, -0.05) is 21.6 Å². The van der Waals surface area contributed by atoms with Gasteiger partial charge in [0.25, 0.3) is 0 Å². The van der Waals surface area contributed by atoms with Crippen LogP contribution in [0.1, 0.15) is 12.7 Å². The second-order valence-electron chi connectivity index (χ2n) is 2.39. The molecule has 0 spiro atoms. The molecule has 0 bridgehead atoms. The smallest absolute Gasteiger partial charge is 0.140 e. The Morgan fingerprint density at radius 2 is 2.42 bits per heavy atom. The van der Waals surface area contributed by atoms with Crippen LogP contribution in [-0.2, 0) is 4.79 Å². The lowest BCUT2D eigenvalue weighted by Gasteiger charge is -1.95. The van der Waals surface area contributed by atoms with Crippen molar-refractivity contribution in [3.8, 4) is 0 Å². The van der Waals surface area contributed by atoms with E-state index in [1.165, 1.54) is 0 Å². The number of carbonyl (C=O) groups excluding carboxylic acids is 1. The Labute approximate surface area is 79.5 Å². The molecule has 0 aromatic carbocycles. The first-order chi connectivity index (χ1) is 5.70. The van der Waals surface area contributed by atoms with Gasteiger partial charge in [-0.05, 0) is 19.9 Å². The van der Waals surface area contributed by atoms with Crippen LogP contribution < -0.4 is 0 Å². The predicted molar refractivity (Wildman–Crippen MR) is 52.4 cm³/mol. The lowest BCUT2D eigenvalue weighted by Crippen LogP contribution is -1.90. The van der Waals surface area contributed by atoms with Crippen LogP contribution in [0.5, 0.6) is 0 Å². The van der Waals surface area contributed by atoms with Gasteiger partial charge in [0, 0.05) is 0 Å². The molecular formula is C8H10O2S2. The van der Waals surface area contributed by atoms with E-state index in [1.807, 2.05) is 13.0 Å². The summed E-state index contributed by atoms with van der Waals surface area (Å²) in [7, 11) is 3.12. The average Bonchev–Trinajstić information content (AvgIpc) is 2.36. The molecule has 0 amide bonds. The van der Waals surface area contributed by atoms with Crippen molar-refractivity contribution in [2.75, 3.05) is 5.75 Å². The van der Waals surface area contributed by atoms with Gasteiger partial charge in [-0.25, -0.2) is 0 Å². The molecular weight excluding hydrogens is 192 g/mol. The van der Waals surface area contributed by atoms with Gasteiger partial charge in [-0.2, -0.15) is 0 Å². The number of rotatable bonds is 4. The third-order valence-electron chi connectivity index (χ3n) is 1.22. The van der Waals surface area contributed by atoms with Crippen LogP contribution in [0, 0.1) is 6.92 Å². The first-order valence-corrected chi connectivity index (χ1v) is 5.85. The van der Waals surface area contributed by atoms with Gasteiger partial charge in [0.2, 0.25) is 0 Å². The summed E-state index contributed by atoms with van der Waals surface area (Å²) in [5.74, 6) is 1.67. The van der Waals surface area contributed by atoms with Gasteiger partial charge >= 0.3 is 0 Å². The first-order valence-electron chi connectivity index (χ1n) is 3.53. The van der Waals surface area contributed by atoms with Gasteiger partial charge < -0.3 is 4.42 Å². The number of aryl methyl sites for hydroxylation is 1. The lowest BCUT2D eigenvalue weighted by molar-refractivity contribution is -0.114. The molecule has 0 unspecified atom stereocenters. The van der Waals surface area contributed by atoms with E-state index in [-0.39, 0.29) is 5.78 Å². The Hall–Kier alpha value is -0.350. The second kappa shape index (κ2) is 4.62. The largest absolute Gasteiger partial charge is 0.468 e. The van der Waals surface area contributed by atoms with E-state index >= 15 is 0 Å². The number of Topliss-reactive ketones (excluding diaryl/α,β-unsaturated/α-hetero) is 1. The highest BCUT2D eigenvalue weighted by Gasteiger charge is 2.02. The van der Waals surface area contributed by atoms with Crippen LogP contribution in [-0.4, -0.2) is 11.5 Å². The van der Waals surface area contributed by atoms with E-state index in [4.69, 9.17) is 4.42 Å². The quantitative estimate of drug-likeness (QED) is 0.702. The minimum atomic E-state index is 0.202. The lowest BCUT2D eigenvalue weighted by atomic mass is 10.5. The molecule has 1 heterocycles. The van der Waals surface area contributed by atoms with Gasteiger partial charge in [0.1, 0.15) is 11.5 Å². The van der Waals surface area contributed by atoms with Crippen LogP contribution in [0.4, 0.5) is 0 Å². The zero-order valence-corrected chi connectivity index (χ0v) is 8.63. The van der Waals surface area contributed by atoms with Crippen molar-refractivity contribution < 1.29 is 9.21 Å². The molecule has 0 atom stereocenters. The zero-order chi connectivity index (χ0) is 8.97. The normalized spacial score (nSPS) is 10.2. The Morgan fingerprint density at radius 1 is 1.67 bits per heavy atom. The second-order valence-corrected chi connectivity index (χ2v) is 4.73. The van der Waals surface area contributed by atoms with Gasteiger partial charge in [-0.3, -0.25) is 4.79 Å². The molecule has 2 nitrogen and oxygen atoms in total. The number of ketones is 1. The topological polar surface area (TPSA) is 30.2 Å². The molecule has 1 aromatic heterocycles. The molecule has 1 rings (SSSR count). The highest BCUT2D eigenvalue weighted by atomic mass is 33.1. The molecule has 4 heteroatoms. The maximum atomic E-state index is 10.6. The predicted octanol–water partition coefficient (Wildman–Crippen LogP) is 2.92. The Balaban J connectivity index is 2.33. The van der Waals surface area contributed by atoms with E-state index in [9.17, 15) is 4.79 Å². The molecule has 0 saturated heterocycles. The number of furan rings is 1. The number of hydrogen-bond donors (Lipinski definition) is 0. The molecule has 0 saturated carbocycles. The molecule has 0 radical (unpaired) electrons. The van der Waals surface area contributed by atoms with Crippen LogP contribution in [0.3, 0.4) is 0 Å². The van der Waals surface area contributed by atoms with Gasteiger partial charge in [-0.15, -0.1) is 0 Å². The van der Waals surface area contributed by atoms with Crippen LogP contribution in [0.2, 0.25) is 0 Å². The minimum Gasteiger partial charge on any atom is -0.468 e. The van der Waals surface area contributed by atoms with Crippen molar-refractivity contribution in [2.45, 2.75) is 18.7 Å². The maximum absolute atomic E-state index is 10.6. The third-order valence-corrected chi connectivity index (χ3v) is 3.71. The van der Waals surface area contributed by atoms with Crippen molar-refractivity contribution in [2.24, 2.45) is 0 Å². The Bertz CT molecular complexity index is 268.